The van der Waals surface area contributed by atoms with Crippen LogP contribution in [0, 0.1) is 6.92 Å². The zero-order valence-corrected chi connectivity index (χ0v) is 13.3. The van der Waals surface area contributed by atoms with Gasteiger partial charge in [0.05, 0.1) is 18.2 Å². The SMILES string of the molecule is COC(=O)C(=C(C)c1ccc(C)cc1)c1ccccc1C(=O)O. The van der Waals surface area contributed by atoms with Crippen molar-refractivity contribution >= 4 is 23.1 Å². The van der Waals surface area contributed by atoms with Crippen LogP contribution < -0.4 is 0 Å². The van der Waals surface area contributed by atoms with Crippen molar-refractivity contribution in [2.24, 2.45) is 0 Å². The summed E-state index contributed by atoms with van der Waals surface area (Å²) in [5.41, 5.74) is 3.30. The molecular formula is C19H18O4. The molecule has 0 aliphatic carbocycles. The number of hydrogen-bond donors (Lipinski definition) is 1. The van der Waals surface area contributed by atoms with Crippen LogP contribution in [0.15, 0.2) is 48.5 Å². The van der Waals surface area contributed by atoms with Crippen LogP contribution in [0.25, 0.3) is 11.1 Å². The Hall–Kier alpha value is -2.88. The summed E-state index contributed by atoms with van der Waals surface area (Å²) >= 11 is 0. The molecule has 0 aliphatic rings. The number of benzene rings is 2. The number of aromatic carboxylic acids is 1. The highest BCUT2D eigenvalue weighted by molar-refractivity contribution is 6.26. The van der Waals surface area contributed by atoms with Crippen molar-refractivity contribution in [3.63, 3.8) is 0 Å². The second kappa shape index (κ2) is 6.92. The van der Waals surface area contributed by atoms with Crippen molar-refractivity contribution in [3.8, 4) is 0 Å². The Kier molecular flexibility index (Phi) is 4.96. The summed E-state index contributed by atoms with van der Waals surface area (Å²) in [7, 11) is 1.29. The van der Waals surface area contributed by atoms with E-state index in [0.717, 1.165) is 11.1 Å². The van der Waals surface area contributed by atoms with Crippen molar-refractivity contribution in [2.75, 3.05) is 7.11 Å². The molecule has 1 N–H and O–H groups in total. The van der Waals surface area contributed by atoms with E-state index in [1.54, 1.807) is 25.1 Å². The summed E-state index contributed by atoms with van der Waals surface area (Å²) in [5.74, 6) is -1.64. The molecule has 23 heavy (non-hydrogen) atoms. The summed E-state index contributed by atoms with van der Waals surface area (Å²) < 4.78 is 4.88. The van der Waals surface area contributed by atoms with Gasteiger partial charge in [-0.1, -0.05) is 48.0 Å². The zero-order chi connectivity index (χ0) is 17.0. The van der Waals surface area contributed by atoms with Gasteiger partial charge >= 0.3 is 11.9 Å². The maximum Gasteiger partial charge on any atom is 0.338 e. The molecule has 2 aromatic carbocycles. The molecule has 0 aromatic heterocycles. The van der Waals surface area contributed by atoms with Crippen molar-refractivity contribution in [2.45, 2.75) is 13.8 Å². The number of carbonyl (C=O) groups is 2. The highest BCUT2D eigenvalue weighted by Gasteiger charge is 2.22. The molecule has 0 spiro atoms. The van der Waals surface area contributed by atoms with Crippen molar-refractivity contribution < 1.29 is 19.4 Å². The van der Waals surface area contributed by atoms with Gasteiger partial charge in [0.1, 0.15) is 0 Å². The van der Waals surface area contributed by atoms with E-state index in [-0.39, 0.29) is 11.1 Å². The van der Waals surface area contributed by atoms with Crippen molar-refractivity contribution in [1.82, 2.24) is 0 Å². The molecule has 0 saturated carbocycles. The van der Waals surface area contributed by atoms with Gasteiger partial charge in [0.25, 0.3) is 0 Å². The number of methoxy groups -OCH3 is 1. The molecule has 0 amide bonds. The van der Waals surface area contributed by atoms with E-state index < -0.39 is 11.9 Å². The first-order chi connectivity index (χ1) is 11.0. The molecule has 0 bridgehead atoms. The van der Waals surface area contributed by atoms with Crippen LogP contribution in [0.5, 0.6) is 0 Å². The lowest BCUT2D eigenvalue weighted by Gasteiger charge is -2.13. The van der Waals surface area contributed by atoms with Crippen molar-refractivity contribution in [3.05, 3.63) is 70.8 Å². The molecule has 0 fully saturated rings. The number of esters is 1. The number of hydrogen-bond acceptors (Lipinski definition) is 3. The first kappa shape index (κ1) is 16.5. The Morgan fingerprint density at radius 2 is 1.52 bits per heavy atom. The number of allylic oxidation sites excluding steroid dienone is 1. The summed E-state index contributed by atoms with van der Waals surface area (Å²) in [6, 6.07) is 14.1. The standard InChI is InChI=1S/C19H18O4/c1-12-8-10-14(11-9-12)13(2)17(19(22)23-3)15-6-4-5-7-16(15)18(20)21/h4-11H,1-3H3,(H,20,21). The minimum Gasteiger partial charge on any atom is -0.478 e. The van der Waals surface area contributed by atoms with Crippen LogP contribution >= 0.6 is 0 Å². The number of carboxylic acid groups (broad SMARTS) is 1. The van der Waals surface area contributed by atoms with Crippen LogP contribution in [0.4, 0.5) is 0 Å². The average Bonchev–Trinajstić information content (AvgIpc) is 2.55. The third kappa shape index (κ3) is 3.48. The molecule has 2 rings (SSSR count). The van der Waals surface area contributed by atoms with Gasteiger partial charge in [-0.3, -0.25) is 0 Å². The third-order valence-corrected chi connectivity index (χ3v) is 3.68. The minimum atomic E-state index is -1.08. The van der Waals surface area contributed by atoms with Crippen LogP contribution in [0.2, 0.25) is 0 Å². The van der Waals surface area contributed by atoms with Crippen molar-refractivity contribution in [1.29, 1.82) is 0 Å². The van der Waals surface area contributed by atoms with Crippen LogP contribution in [0.1, 0.15) is 34.0 Å². The normalized spacial score (nSPS) is 11.6. The molecule has 2 aromatic rings. The Morgan fingerprint density at radius 3 is 2.04 bits per heavy atom. The highest BCUT2D eigenvalue weighted by atomic mass is 16.5. The highest BCUT2D eigenvalue weighted by Crippen LogP contribution is 2.29. The van der Waals surface area contributed by atoms with Gasteiger partial charge in [0.2, 0.25) is 0 Å². The van der Waals surface area contributed by atoms with Gasteiger partial charge in [-0.25, -0.2) is 9.59 Å². The van der Waals surface area contributed by atoms with E-state index in [1.165, 1.54) is 13.2 Å². The lowest BCUT2D eigenvalue weighted by molar-refractivity contribution is -0.133. The van der Waals surface area contributed by atoms with Gasteiger partial charge in [-0.15, -0.1) is 0 Å². The molecule has 0 atom stereocenters. The molecule has 4 nitrogen and oxygen atoms in total. The first-order valence-corrected chi connectivity index (χ1v) is 7.14. The Labute approximate surface area is 135 Å². The topological polar surface area (TPSA) is 63.6 Å². The van der Waals surface area contributed by atoms with E-state index in [0.29, 0.717) is 11.1 Å². The van der Waals surface area contributed by atoms with Gasteiger partial charge in [0, 0.05) is 5.56 Å². The molecule has 0 unspecified atom stereocenters. The summed E-state index contributed by atoms with van der Waals surface area (Å²) in [6.07, 6.45) is 0. The predicted molar refractivity (Wildman–Crippen MR) is 89.1 cm³/mol. The van der Waals surface area contributed by atoms with Crippen LogP contribution in [0.3, 0.4) is 0 Å². The largest absolute Gasteiger partial charge is 0.478 e. The zero-order valence-electron chi connectivity index (χ0n) is 13.3. The average molecular weight is 310 g/mol. The van der Waals surface area contributed by atoms with E-state index in [4.69, 9.17) is 4.74 Å². The summed E-state index contributed by atoms with van der Waals surface area (Å²) in [4.78, 5) is 23.8. The molecule has 0 radical (unpaired) electrons. The monoisotopic (exact) mass is 310 g/mol. The maximum atomic E-state index is 12.3. The van der Waals surface area contributed by atoms with Gasteiger partial charge in [-0.05, 0) is 31.1 Å². The number of carboxylic acids is 1. The summed E-state index contributed by atoms with van der Waals surface area (Å²) in [5, 5.41) is 9.38. The fraction of sp³-hybridized carbons (Fsp3) is 0.158. The maximum absolute atomic E-state index is 12.3. The Bertz CT molecular complexity index is 770. The fourth-order valence-electron chi connectivity index (χ4n) is 2.40. The molecule has 0 saturated heterocycles. The molecule has 4 heteroatoms. The van der Waals surface area contributed by atoms with Crippen LogP contribution in [-0.4, -0.2) is 24.2 Å². The second-order valence-electron chi connectivity index (χ2n) is 5.21. The fourth-order valence-corrected chi connectivity index (χ4v) is 2.40. The molecule has 0 heterocycles. The second-order valence-corrected chi connectivity index (χ2v) is 5.21. The number of ether oxygens (including phenoxy) is 1. The number of rotatable bonds is 4. The molecule has 118 valence electrons. The van der Waals surface area contributed by atoms with E-state index in [2.05, 4.69) is 0 Å². The molecule has 0 aliphatic heterocycles. The number of carbonyl (C=O) groups excluding carboxylic acids is 1. The quantitative estimate of drug-likeness (QED) is 0.530. The Balaban J connectivity index is 2.72. The lowest BCUT2D eigenvalue weighted by atomic mass is 9.92. The molecular weight excluding hydrogens is 292 g/mol. The predicted octanol–water partition coefficient (Wildman–Crippen LogP) is 3.80. The van der Waals surface area contributed by atoms with Gasteiger partial charge in [-0.2, -0.15) is 0 Å². The number of aryl methyl sites for hydroxylation is 1. The third-order valence-electron chi connectivity index (χ3n) is 3.68. The first-order valence-electron chi connectivity index (χ1n) is 7.14. The smallest absolute Gasteiger partial charge is 0.338 e. The van der Waals surface area contributed by atoms with E-state index in [1.807, 2.05) is 31.2 Å². The van der Waals surface area contributed by atoms with E-state index in [9.17, 15) is 14.7 Å². The lowest BCUT2D eigenvalue weighted by Crippen LogP contribution is -2.10. The summed E-state index contributed by atoms with van der Waals surface area (Å²) in [6.45, 7) is 3.76. The van der Waals surface area contributed by atoms with Gasteiger partial charge < -0.3 is 9.84 Å². The van der Waals surface area contributed by atoms with Gasteiger partial charge in [0.15, 0.2) is 0 Å². The van der Waals surface area contributed by atoms with E-state index >= 15 is 0 Å². The Morgan fingerprint density at radius 1 is 0.957 bits per heavy atom. The van der Waals surface area contributed by atoms with Crippen LogP contribution in [-0.2, 0) is 9.53 Å². The minimum absolute atomic E-state index is 0.0689.